The fraction of sp³-hybridized carbons (Fsp3) is 0.520. The third-order valence-electron chi connectivity index (χ3n) is 7.75. The minimum absolute atomic E-state index is 0.0971. The lowest BCUT2D eigenvalue weighted by Gasteiger charge is -2.35. The number of pyridine rings is 1. The summed E-state index contributed by atoms with van der Waals surface area (Å²) in [5.74, 6) is 1.93. The van der Waals surface area contributed by atoms with Gasteiger partial charge in [-0.1, -0.05) is 11.6 Å². The summed E-state index contributed by atoms with van der Waals surface area (Å²) in [5, 5.41) is 12.3. The van der Waals surface area contributed by atoms with Gasteiger partial charge >= 0.3 is 0 Å². The number of fused-ring (bicyclic) bond motifs is 3. The summed E-state index contributed by atoms with van der Waals surface area (Å²) in [6.07, 6.45) is 10.4. The number of nitrogens with one attached hydrogen (secondary N) is 1. The van der Waals surface area contributed by atoms with Crippen LogP contribution >= 0.6 is 0 Å². The van der Waals surface area contributed by atoms with Crippen molar-refractivity contribution < 1.29 is 4.79 Å². The number of piperazine rings is 1. The van der Waals surface area contributed by atoms with Gasteiger partial charge in [-0.3, -0.25) is 9.48 Å². The van der Waals surface area contributed by atoms with Gasteiger partial charge in [0.1, 0.15) is 6.54 Å². The van der Waals surface area contributed by atoms with Gasteiger partial charge < -0.3 is 20.0 Å². The Balaban J connectivity index is 1.15. The zero-order chi connectivity index (χ0) is 23.9. The van der Waals surface area contributed by atoms with Crippen LogP contribution < -0.4 is 10.2 Å². The molecule has 6 rings (SSSR count). The lowest BCUT2D eigenvalue weighted by atomic mass is 9.91. The highest BCUT2D eigenvalue weighted by atomic mass is 16.2. The summed E-state index contributed by atoms with van der Waals surface area (Å²) in [6.45, 7) is 7.85. The van der Waals surface area contributed by atoms with E-state index in [9.17, 15) is 4.79 Å². The molecule has 5 heterocycles. The molecule has 3 fully saturated rings. The first-order valence-corrected chi connectivity index (χ1v) is 12.6. The Morgan fingerprint density at radius 2 is 1.94 bits per heavy atom. The number of nitrogens with zero attached hydrogens (tertiary/aromatic N) is 8. The van der Waals surface area contributed by atoms with Gasteiger partial charge in [-0.15, -0.1) is 5.10 Å². The van der Waals surface area contributed by atoms with Crippen LogP contribution in [-0.2, 0) is 11.3 Å². The van der Waals surface area contributed by atoms with E-state index < -0.39 is 0 Å². The van der Waals surface area contributed by atoms with Crippen LogP contribution in [0.4, 0.5) is 17.3 Å². The topological polar surface area (TPSA) is 86.8 Å². The van der Waals surface area contributed by atoms with Crippen molar-refractivity contribution in [3.05, 3.63) is 42.4 Å². The molecule has 2 unspecified atom stereocenters. The fourth-order valence-electron chi connectivity index (χ4n) is 5.87. The lowest BCUT2D eigenvalue weighted by Crippen LogP contribution is -2.48. The molecule has 3 aliphatic rings. The Morgan fingerprint density at radius 1 is 1.17 bits per heavy atom. The minimum atomic E-state index is 0.0971. The van der Waals surface area contributed by atoms with E-state index in [1.54, 1.807) is 16.5 Å². The van der Waals surface area contributed by atoms with Gasteiger partial charge in [-0.2, -0.15) is 10.1 Å². The molecule has 2 atom stereocenters. The second-order valence-corrected chi connectivity index (χ2v) is 10.00. The predicted molar refractivity (Wildman–Crippen MR) is 135 cm³/mol. The first-order chi connectivity index (χ1) is 17.1. The Kier molecular flexibility index (Phi) is 5.68. The highest BCUT2D eigenvalue weighted by Gasteiger charge is 2.37. The highest BCUT2D eigenvalue weighted by molar-refractivity contribution is 5.76. The second-order valence-electron chi connectivity index (χ2n) is 10.00. The van der Waals surface area contributed by atoms with Crippen LogP contribution in [0.1, 0.15) is 19.8 Å². The van der Waals surface area contributed by atoms with E-state index >= 15 is 0 Å². The number of piperidine rings is 1. The lowest BCUT2D eigenvalue weighted by molar-refractivity contribution is -0.133. The molecule has 1 aliphatic carbocycles. The van der Waals surface area contributed by atoms with E-state index in [0.29, 0.717) is 17.8 Å². The van der Waals surface area contributed by atoms with Gasteiger partial charge in [-0.25, -0.2) is 4.52 Å². The number of likely N-dealkylation sites (N-methyl/N-ethyl adjacent to an activating group) is 1. The molecule has 0 radical (unpaired) electrons. The Morgan fingerprint density at radius 3 is 2.69 bits per heavy atom. The summed E-state index contributed by atoms with van der Waals surface area (Å²) in [5.41, 5.74) is 4.40. The molecular weight excluding hydrogens is 442 g/mol. The highest BCUT2D eigenvalue weighted by Crippen LogP contribution is 2.43. The molecular formula is C25H33N9O. The van der Waals surface area contributed by atoms with Crippen LogP contribution in [-0.4, -0.2) is 86.4 Å². The molecule has 2 bridgehead atoms. The summed E-state index contributed by atoms with van der Waals surface area (Å²) >= 11 is 0. The van der Waals surface area contributed by atoms with E-state index in [1.807, 2.05) is 27.9 Å². The number of amides is 1. The third-order valence-corrected chi connectivity index (χ3v) is 7.75. The van der Waals surface area contributed by atoms with E-state index in [-0.39, 0.29) is 12.5 Å². The van der Waals surface area contributed by atoms with Gasteiger partial charge in [0.25, 0.3) is 0 Å². The third kappa shape index (κ3) is 4.27. The average Bonchev–Trinajstić information content (AvgIpc) is 3.54. The number of allylic oxidation sites excluding steroid dienone is 1. The van der Waals surface area contributed by atoms with Crippen molar-refractivity contribution in [2.45, 2.75) is 26.3 Å². The number of carbonyl (C=O) groups is 1. The molecule has 35 heavy (non-hydrogen) atoms. The zero-order valence-electron chi connectivity index (χ0n) is 20.5. The second kappa shape index (κ2) is 8.99. The van der Waals surface area contributed by atoms with Crippen LogP contribution in [0.15, 0.2) is 42.4 Å². The van der Waals surface area contributed by atoms with Crippen LogP contribution in [0.25, 0.3) is 5.65 Å². The molecule has 1 saturated carbocycles. The van der Waals surface area contributed by atoms with Crippen molar-refractivity contribution in [1.82, 2.24) is 34.2 Å². The van der Waals surface area contributed by atoms with E-state index in [1.165, 1.54) is 12.8 Å². The van der Waals surface area contributed by atoms with Crippen molar-refractivity contribution in [3.63, 3.8) is 0 Å². The fourth-order valence-corrected chi connectivity index (χ4v) is 5.87. The first kappa shape index (κ1) is 22.1. The summed E-state index contributed by atoms with van der Waals surface area (Å²) in [4.78, 5) is 24.1. The predicted octanol–water partition coefficient (Wildman–Crippen LogP) is 2.24. The smallest absolute Gasteiger partial charge is 0.247 e. The molecule has 3 aromatic rings. The Bertz CT molecular complexity index is 1240. The van der Waals surface area contributed by atoms with Gasteiger partial charge in [0.2, 0.25) is 11.9 Å². The quantitative estimate of drug-likeness (QED) is 0.567. The van der Waals surface area contributed by atoms with Crippen molar-refractivity contribution in [1.29, 1.82) is 0 Å². The standard InChI is InChI=1S/C25H33N9O/c1-3-21-18-6-7-19(21)15-32(14-18)22-5-4-8-34-24(22)28-25(29-34)27-20-13-26-33(16-20)17-23(35)31-11-9-30(2)10-12-31/h3-5,8,13,16,18-19H,6-7,9-12,14-15,17H2,1-2H3,(H,27,29). The monoisotopic (exact) mass is 475 g/mol. The largest absolute Gasteiger partial charge is 0.367 e. The van der Waals surface area contributed by atoms with E-state index in [4.69, 9.17) is 4.98 Å². The summed E-state index contributed by atoms with van der Waals surface area (Å²) in [7, 11) is 2.08. The molecule has 10 heteroatoms. The summed E-state index contributed by atoms with van der Waals surface area (Å²) < 4.78 is 3.51. The average molecular weight is 476 g/mol. The van der Waals surface area contributed by atoms with Gasteiger partial charge in [0, 0.05) is 51.7 Å². The van der Waals surface area contributed by atoms with Crippen molar-refractivity contribution >= 4 is 28.9 Å². The van der Waals surface area contributed by atoms with E-state index in [2.05, 4.69) is 51.4 Å². The number of aromatic nitrogens is 5. The SMILES string of the molecule is CC=C1C2CCC1CN(c1cccn3nc(Nc4cnn(CC(=O)N5CCN(C)CC5)c4)nc13)C2. The van der Waals surface area contributed by atoms with E-state index in [0.717, 1.165) is 56.3 Å². The molecule has 1 N–H and O–H groups in total. The molecule has 1 amide bonds. The Hall–Kier alpha value is -3.40. The van der Waals surface area contributed by atoms with Crippen molar-refractivity contribution in [2.24, 2.45) is 11.8 Å². The molecule has 0 spiro atoms. The van der Waals surface area contributed by atoms with Crippen LogP contribution in [0.5, 0.6) is 0 Å². The first-order valence-electron chi connectivity index (χ1n) is 12.6. The number of hydrogen-bond donors (Lipinski definition) is 1. The van der Waals surface area contributed by atoms with Gasteiger partial charge in [-0.05, 0) is 50.8 Å². The van der Waals surface area contributed by atoms with Crippen LogP contribution in [0.2, 0.25) is 0 Å². The number of hydrogen-bond acceptors (Lipinski definition) is 7. The minimum Gasteiger partial charge on any atom is -0.367 e. The normalized spacial score (nSPS) is 22.7. The molecule has 2 aliphatic heterocycles. The van der Waals surface area contributed by atoms with Crippen LogP contribution in [0.3, 0.4) is 0 Å². The summed E-state index contributed by atoms with van der Waals surface area (Å²) in [6, 6.07) is 4.19. The number of anilines is 3. The van der Waals surface area contributed by atoms with Crippen molar-refractivity contribution in [3.8, 4) is 0 Å². The molecule has 10 nitrogen and oxygen atoms in total. The molecule has 184 valence electrons. The van der Waals surface area contributed by atoms with Crippen molar-refractivity contribution in [2.75, 3.05) is 56.5 Å². The molecule has 2 saturated heterocycles. The molecule has 3 aromatic heterocycles. The zero-order valence-corrected chi connectivity index (χ0v) is 20.5. The van der Waals surface area contributed by atoms with Crippen LogP contribution in [0, 0.1) is 11.8 Å². The number of rotatable bonds is 5. The van der Waals surface area contributed by atoms with Gasteiger partial charge in [0.15, 0.2) is 5.65 Å². The maximum Gasteiger partial charge on any atom is 0.247 e. The number of carbonyl (C=O) groups excluding carboxylic acids is 1. The maximum absolute atomic E-state index is 12.6. The maximum atomic E-state index is 12.6. The van der Waals surface area contributed by atoms with Gasteiger partial charge in [0.05, 0.1) is 17.6 Å². The molecule has 0 aromatic carbocycles. The Labute approximate surface area is 205 Å².